The molecule has 1 nitrogen and oxygen atoms in total. The molecule has 0 aromatic heterocycles. The smallest absolute Gasteiger partial charge is 0.0543 e. The van der Waals surface area contributed by atoms with Crippen molar-refractivity contribution in [1.82, 2.24) is 0 Å². The number of nitrogens with zero attached hydrogens (tertiary/aromatic N) is 1. The maximum Gasteiger partial charge on any atom is 0.0543 e. The van der Waals surface area contributed by atoms with Crippen molar-refractivity contribution >= 4 is 55.5 Å². The van der Waals surface area contributed by atoms with Gasteiger partial charge in [0.05, 0.1) is 5.69 Å². The van der Waals surface area contributed by atoms with E-state index in [1.807, 2.05) is 6.08 Å². The highest BCUT2D eigenvalue weighted by atomic mass is 15.1. The van der Waals surface area contributed by atoms with Gasteiger partial charge >= 0.3 is 0 Å². The van der Waals surface area contributed by atoms with E-state index in [2.05, 4.69) is 141 Å². The van der Waals surface area contributed by atoms with Gasteiger partial charge in [-0.05, 0) is 129 Å². The summed E-state index contributed by atoms with van der Waals surface area (Å²) in [6, 6.07) is 40.9. The third-order valence-corrected chi connectivity index (χ3v) is 10.0. The third-order valence-electron chi connectivity index (χ3n) is 10.0. The molecule has 8 rings (SSSR count). The number of benzene rings is 7. The standard InChI is InChI=1S/C44H39N/c1-5-13-32-26-28(3)34-22-24-38-40(31-20-21-31)27-42(39-25-23-37(32)43(34)44(38)39)45(33-15-8-7-9-16-33)41-19-12-18-35(29(41)4)36-17-11-10-14-30(36)6-2/h6-12,14-19,22-27,31H,2,5,13,20-21H2,1,3-4H3. The number of hydrogen-bond acceptors (Lipinski definition) is 1. The molecule has 0 amide bonds. The maximum absolute atomic E-state index is 4.12. The highest BCUT2D eigenvalue weighted by Crippen LogP contribution is 2.52. The summed E-state index contributed by atoms with van der Waals surface area (Å²) >= 11 is 0. The second kappa shape index (κ2) is 10.9. The Balaban J connectivity index is 1.47. The highest BCUT2D eigenvalue weighted by Gasteiger charge is 2.30. The van der Waals surface area contributed by atoms with E-state index in [-0.39, 0.29) is 0 Å². The molecular weight excluding hydrogens is 542 g/mol. The second-order valence-corrected chi connectivity index (χ2v) is 12.8. The van der Waals surface area contributed by atoms with Gasteiger partial charge in [-0.2, -0.15) is 0 Å². The van der Waals surface area contributed by atoms with Crippen LogP contribution in [0, 0.1) is 13.8 Å². The molecule has 0 saturated heterocycles. The van der Waals surface area contributed by atoms with Crippen LogP contribution in [0.15, 0.2) is 116 Å². The van der Waals surface area contributed by atoms with E-state index in [9.17, 15) is 0 Å². The van der Waals surface area contributed by atoms with Crippen molar-refractivity contribution in [3.8, 4) is 11.1 Å². The quantitative estimate of drug-likeness (QED) is 0.161. The molecule has 0 bridgehead atoms. The van der Waals surface area contributed by atoms with E-state index in [1.165, 1.54) is 95.6 Å². The monoisotopic (exact) mass is 581 g/mol. The van der Waals surface area contributed by atoms with E-state index in [1.54, 1.807) is 0 Å². The van der Waals surface area contributed by atoms with Gasteiger partial charge in [-0.25, -0.2) is 0 Å². The van der Waals surface area contributed by atoms with Gasteiger partial charge in [-0.15, -0.1) is 0 Å². The molecule has 7 aromatic rings. The van der Waals surface area contributed by atoms with E-state index in [0.29, 0.717) is 5.92 Å². The van der Waals surface area contributed by atoms with Crippen molar-refractivity contribution in [2.24, 2.45) is 0 Å². The first kappa shape index (κ1) is 27.7. The van der Waals surface area contributed by atoms with Gasteiger partial charge in [0.1, 0.15) is 0 Å². The topological polar surface area (TPSA) is 3.24 Å². The molecule has 0 spiro atoms. The van der Waals surface area contributed by atoms with Crippen LogP contribution in [0.5, 0.6) is 0 Å². The summed E-state index contributed by atoms with van der Waals surface area (Å²) in [6.45, 7) is 11.0. The molecule has 1 aliphatic carbocycles. The Morgan fingerprint density at radius 1 is 0.689 bits per heavy atom. The first-order valence-corrected chi connectivity index (χ1v) is 16.5. The predicted octanol–water partition coefficient (Wildman–Crippen LogP) is 12.8. The fourth-order valence-corrected chi connectivity index (χ4v) is 7.72. The molecule has 1 saturated carbocycles. The van der Waals surface area contributed by atoms with Crippen LogP contribution in [-0.4, -0.2) is 0 Å². The van der Waals surface area contributed by atoms with E-state index >= 15 is 0 Å². The first-order valence-electron chi connectivity index (χ1n) is 16.5. The minimum atomic E-state index is 0.619. The Hall–Kier alpha value is -4.88. The molecule has 0 aliphatic heterocycles. The number of aryl methyl sites for hydroxylation is 2. The highest BCUT2D eigenvalue weighted by molar-refractivity contribution is 6.27. The largest absolute Gasteiger partial charge is 0.310 e. The van der Waals surface area contributed by atoms with Crippen molar-refractivity contribution in [3.63, 3.8) is 0 Å². The third kappa shape index (κ3) is 4.45. The average Bonchev–Trinajstić information content (AvgIpc) is 3.92. The molecule has 0 atom stereocenters. The molecule has 1 fully saturated rings. The van der Waals surface area contributed by atoms with Crippen molar-refractivity contribution in [1.29, 1.82) is 0 Å². The van der Waals surface area contributed by atoms with Gasteiger partial charge in [-0.3, -0.25) is 0 Å². The number of para-hydroxylation sites is 1. The molecule has 1 heteroatoms. The molecule has 7 aromatic carbocycles. The Kier molecular flexibility index (Phi) is 6.72. The van der Waals surface area contributed by atoms with Gasteiger partial charge in [0.2, 0.25) is 0 Å². The van der Waals surface area contributed by atoms with Gasteiger partial charge in [0.25, 0.3) is 0 Å². The predicted molar refractivity (Wildman–Crippen MR) is 196 cm³/mol. The molecule has 1 aliphatic rings. The average molecular weight is 582 g/mol. The lowest BCUT2D eigenvalue weighted by Gasteiger charge is -2.31. The fraction of sp³-hybridized carbons (Fsp3) is 0.182. The zero-order valence-corrected chi connectivity index (χ0v) is 26.5. The Bertz CT molecular complexity index is 2220. The summed E-state index contributed by atoms with van der Waals surface area (Å²) in [7, 11) is 0. The van der Waals surface area contributed by atoms with Crippen LogP contribution < -0.4 is 4.90 Å². The Labute approximate surface area is 266 Å². The summed E-state index contributed by atoms with van der Waals surface area (Å²) in [4.78, 5) is 2.52. The molecule has 220 valence electrons. The molecule has 0 N–H and O–H groups in total. The first-order chi connectivity index (χ1) is 22.1. The van der Waals surface area contributed by atoms with Crippen LogP contribution in [0.25, 0.3) is 49.5 Å². The van der Waals surface area contributed by atoms with Crippen LogP contribution in [-0.2, 0) is 6.42 Å². The minimum absolute atomic E-state index is 0.619. The zero-order chi connectivity index (χ0) is 30.7. The summed E-state index contributed by atoms with van der Waals surface area (Å²) < 4.78 is 0. The van der Waals surface area contributed by atoms with Crippen LogP contribution in [0.3, 0.4) is 0 Å². The SMILES string of the molecule is C=Cc1ccccc1-c1cccc(N(c2ccccc2)c2cc(C3CC3)c3ccc4c(C)cc(CCC)c5ccc2c3c45)c1C. The van der Waals surface area contributed by atoms with E-state index in [0.717, 1.165) is 18.4 Å². The van der Waals surface area contributed by atoms with Gasteiger partial charge < -0.3 is 4.90 Å². The lowest BCUT2D eigenvalue weighted by molar-refractivity contribution is 0.929. The summed E-state index contributed by atoms with van der Waals surface area (Å²) in [5, 5.41) is 8.42. The fourth-order valence-electron chi connectivity index (χ4n) is 7.72. The van der Waals surface area contributed by atoms with Crippen molar-refractivity contribution in [3.05, 3.63) is 144 Å². The van der Waals surface area contributed by atoms with E-state index in [4.69, 9.17) is 0 Å². The van der Waals surface area contributed by atoms with Gasteiger partial charge in [0, 0.05) is 16.8 Å². The lowest BCUT2D eigenvalue weighted by atomic mass is 9.85. The molecule has 0 radical (unpaired) electrons. The zero-order valence-electron chi connectivity index (χ0n) is 26.5. The van der Waals surface area contributed by atoms with Crippen LogP contribution in [0.2, 0.25) is 0 Å². The van der Waals surface area contributed by atoms with Crippen LogP contribution in [0.1, 0.15) is 59.9 Å². The van der Waals surface area contributed by atoms with Crippen LogP contribution >= 0.6 is 0 Å². The number of rotatable bonds is 8. The maximum atomic E-state index is 4.12. The summed E-state index contributed by atoms with van der Waals surface area (Å²) in [6.07, 6.45) is 6.75. The number of hydrogen-bond donors (Lipinski definition) is 0. The molecule has 0 unspecified atom stereocenters. The normalized spacial score (nSPS) is 13.2. The van der Waals surface area contributed by atoms with Crippen molar-refractivity contribution < 1.29 is 0 Å². The van der Waals surface area contributed by atoms with Crippen LogP contribution in [0.4, 0.5) is 17.1 Å². The molecule has 45 heavy (non-hydrogen) atoms. The summed E-state index contributed by atoms with van der Waals surface area (Å²) in [5.74, 6) is 0.619. The Morgan fingerprint density at radius 3 is 2.16 bits per heavy atom. The lowest BCUT2D eigenvalue weighted by Crippen LogP contribution is -2.13. The van der Waals surface area contributed by atoms with Crippen molar-refractivity contribution in [2.75, 3.05) is 4.90 Å². The van der Waals surface area contributed by atoms with E-state index < -0.39 is 0 Å². The van der Waals surface area contributed by atoms with Gasteiger partial charge in [0.15, 0.2) is 0 Å². The Morgan fingerprint density at radius 2 is 1.38 bits per heavy atom. The summed E-state index contributed by atoms with van der Waals surface area (Å²) in [5.41, 5.74) is 12.9. The van der Waals surface area contributed by atoms with Crippen molar-refractivity contribution in [2.45, 2.75) is 52.4 Å². The molecule has 0 heterocycles. The second-order valence-electron chi connectivity index (χ2n) is 12.8. The van der Waals surface area contributed by atoms with Gasteiger partial charge in [-0.1, -0.05) is 111 Å². The minimum Gasteiger partial charge on any atom is -0.310 e. The number of anilines is 3. The molecular formula is C44H39N.